The molecule has 1 aliphatic rings. The lowest BCUT2D eigenvalue weighted by Crippen LogP contribution is -2.36. The summed E-state index contributed by atoms with van der Waals surface area (Å²) in [5.41, 5.74) is 6.19. The highest BCUT2D eigenvalue weighted by atomic mass is 127. The van der Waals surface area contributed by atoms with Crippen molar-refractivity contribution in [3.8, 4) is 12.3 Å². The normalized spacial score (nSPS) is 16.0. The van der Waals surface area contributed by atoms with E-state index in [4.69, 9.17) is 23.8 Å². The van der Waals surface area contributed by atoms with Gasteiger partial charge in [0.25, 0.3) is 0 Å². The molecule has 1 aromatic carbocycles. The van der Waals surface area contributed by atoms with Gasteiger partial charge in [-0.1, -0.05) is 23.6 Å². The molecular weight excluding hydrogens is 392 g/mol. The molecule has 1 aromatic rings. The predicted octanol–water partition coefficient (Wildman–Crippen LogP) is 3.18. The second-order valence-corrected chi connectivity index (χ2v) is 5.00. The molecule has 1 fully saturated rings. The summed E-state index contributed by atoms with van der Waals surface area (Å²) in [4.78, 5) is 6.09. The van der Waals surface area contributed by atoms with E-state index in [-0.39, 0.29) is 24.0 Å². The van der Waals surface area contributed by atoms with Crippen LogP contribution < -0.4 is 5.73 Å². The van der Waals surface area contributed by atoms with Crippen molar-refractivity contribution in [1.29, 1.82) is 0 Å². The molecule has 0 radical (unpaired) electrons. The third-order valence-corrected chi connectivity index (χ3v) is 3.37. The average Bonchev–Trinajstić information content (AvgIpc) is 3.19. The number of terminal acetylenes is 1. The molecule has 0 spiro atoms. The minimum absolute atomic E-state index is 0. The van der Waals surface area contributed by atoms with Gasteiger partial charge in [-0.15, -0.1) is 30.4 Å². The van der Waals surface area contributed by atoms with Gasteiger partial charge in [0.2, 0.25) is 0 Å². The minimum Gasteiger partial charge on any atom is -0.370 e. The summed E-state index contributed by atoms with van der Waals surface area (Å²) in [5.74, 6) is 2.31. The van der Waals surface area contributed by atoms with Crippen molar-refractivity contribution in [3.05, 3.63) is 34.6 Å². The highest BCUT2D eigenvalue weighted by Gasteiger charge is 2.28. The Morgan fingerprint density at radius 3 is 2.75 bits per heavy atom. The molecule has 20 heavy (non-hydrogen) atoms. The van der Waals surface area contributed by atoms with Gasteiger partial charge in [-0.2, -0.15) is 0 Å². The largest absolute Gasteiger partial charge is 0.370 e. The molecule has 2 rings (SSSR count). The number of nitrogens with zero attached hydrogens (tertiary/aromatic N) is 2. The van der Waals surface area contributed by atoms with Crippen molar-refractivity contribution in [3.63, 3.8) is 0 Å². The molecule has 1 unspecified atom stereocenters. The van der Waals surface area contributed by atoms with Crippen LogP contribution in [0.1, 0.15) is 24.4 Å². The minimum atomic E-state index is -0.738. The molecule has 108 valence electrons. The van der Waals surface area contributed by atoms with Crippen molar-refractivity contribution in [1.82, 2.24) is 4.90 Å². The summed E-state index contributed by atoms with van der Waals surface area (Å²) >= 11 is 5.71. The number of halogens is 3. The monoisotopic (exact) mass is 407 g/mol. The van der Waals surface area contributed by atoms with Crippen LogP contribution in [0.2, 0.25) is 5.02 Å². The van der Waals surface area contributed by atoms with Gasteiger partial charge < -0.3 is 10.6 Å². The summed E-state index contributed by atoms with van der Waals surface area (Å²) in [5, 5.41) is 0.323. The number of hydrogen-bond acceptors (Lipinski definition) is 1. The van der Waals surface area contributed by atoms with E-state index in [1.807, 2.05) is 11.9 Å². The lowest BCUT2D eigenvalue weighted by atomic mass is 10.1. The van der Waals surface area contributed by atoms with Crippen molar-refractivity contribution >= 4 is 41.5 Å². The zero-order chi connectivity index (χ0) is 14.0. The Kier molecular flexibility index (Phi) is 6.08. The van der Waals surface area contributed by atoms with E-state index >= 15 is 0 Å². The van der Waals surface area contributed by atoms with E-state index in [0.717, 1.165) is 12.8 Å². The van der Waals surface area contributed by atoms with Gasteiger partial charge in [0, 0.05) is 23.7 Å². The molecule has 6 heteroatoms. The smallest absolute Gasteiger partial charge is 0.192 e. The second-order valence-electron chi connectivity index (χ2n) is 4.56. The van der Waals surface area contributed by atoms with Crippen LogP contribution in [0.5, 0.6) is 0 Å². The van der Waals surface area contributed by atoms with Crippen LogP contribution in [-0.4, -0.2) is 23.9 Å². The van der Waals surface area contributed by atoms with Crippen LogP contribution in [0.15, 0.2) is 23.2 Å². The molecule has 1 aliphatic carbocycles. The van der Waals surface area contributed by atoms with E-state index in [1.54, 1.807) is 6.07 Å². The summed E-state index contributed by atoms with van der Waals surface area (Å²) in [6.07, 6.45) is 7.62. The Morgan fingerprint density at radius 1 is 1.60 bits per heavy atom. The number of benzene rings is 1. The Hall–Kier alpha value is -1.000. The number of nitrogens with two attached hydrogens (primary N) is 1. The average molecular weight is 408 g/mol. The van der Waals surface area contributed by atoms with E-state index in [9.17, 15) is 4.39 Å². The third kappa shape index (κ3) is 4.00. The van der Waals surface area contributed by atoms with Crippen LogP contribution in [0.25, 0.3) is 0 Å². The van der Waals surface area contributed by atoms with Gasteiger partial charge in [0.05, 0.1) is 0 Å². The molecule has 0 aromatic heterocycles. The third-order valence-electron chi connectivity index (χ3n) is 3.13. The fraction of sp³-hybridized carbons (Fsp3) is 0.357. The topological polar surface area (TPSA) is 41.6 Å². The molecule has 0 aliphatic heterocycles. The Bertz CT molecular complexity index is 552. The van der Waals surface area contributed by atoms with E-state index < -0.39 is 11.9 Å². The van der Waals surface area contributed by atoms with Crippen LogP contribution in [0.3, 0.4) is 0 Å². The van der Waals surface area contributed by atoms with Crippen LogP contribution >= 0.6 is 35.6 Å². The number of guanidine groups is 1. The molecular formula is C14H16ClFIN3. The Balaban J connectivity index is 0.00000200. The summed E-state index contributed by atoms with van der Waals surface area (Å²) in [6, 6.07) is 4.03. The lowest BCUT2D eigenvalue weighted by molar-refractivity contribution is 0.485. The SMILES string of the molecule is C#CC(N=C(N)N(C)C1CC1)c1ccc(Cl)cc1F.I. The first kappa shape index (κ1) is 17.1. The highest BCUT2D eigenvalue weighted by Crippen LogP contribution is 2.27. The van der Waals surface area contributed by atoms with Crippen molar-refractivity contribution in [2.24, 2.45) is 10.7 Å². The zero-order valence-electron chi connectivity index (χ0n) is 11.0. The van der Waals surface area contributed by atoms with E-state index in [1.165, 1.54) is 12.1 Å². The first-order valence-corrected chi connectivity index (χ1v) is 6.38. The first-order valence-electron chi connectivity index (χ1n) is 6.00. The van der Waals surface area contributed by atoms with Gasteiger partial charge in [-0.05, 0) is 25.0 Å². The van der Waals surface area contributed by atoms with Gasteiger partial charge in [-0.3, -0.25) is 0 Å². The van der Waals surface area contributed by atoms with Crippen LogP contribution in [-0.2, 0) is 0 Å². The van der Waals surface area contributed by atoms with Gasteiger partial charge in [0.1, 0.15) is 11.9 Å². The number of aliphatic imine (C=N–C) groups is 1. The van der Waals surface area contributed by atoms with Crippen molar-refractivity contribution < 1.29 is 4.39 Å². The van der Waals surface area contributed by atoms with Crippen LogP contribution in [0.4, 0.5) is 4.39 Å². The molecule has 1 saturated carbocycles. The maximum Gasteiger partial charge on any atom is 0.192 e. The maximum absolute atomic E-state index is 13.8. The number of rotatable bonds is 3. The first-order chi connectivity index (χ1) is 9.02. The lowest BCUT2D eigenvalue weighted by Gasteiger charge is -2.18. The summed E-state index contributed by atoms with van der Waals surface area (Å²) < 4.78 is 13.8. The Labute approximate surface area is 140 Å². The fourth-order valence-corrected chi connectivity index (χ4v) is 1.95. The zero-order valence-corrected chi connectivity index (χ0v) is 14.1. The standard InChI is InChI=1S/C14H15ClFN3.HI/c1-3-13(11-7-4-9(15)8-12(11)16)18-14(17)19(2)10-5-6-10;/h1,4,7-8,10,13H,5-6H2,2H3,(H2,17,18);1H. The molecule has 3 nitrogen and oxygen atoms in total. The summed E-state index contributed by atoms with van der Waals surface area (Å²) in [7, 11) is 1.86. The van der Waals surface area contributed by atoms with Crippen LogP contribution in [0, 0.1) is 18.2 Å². The van der Waals surface area contributed by atoms with E-state index in [0.29, 0.717) is 22.6 Å². The van der Waals surface area contributed by atoms with Crippen molar-refractivity contribution in [2.45, 2.75) is 24.9 Å². The fourth-order valence-electron chi connectivity index (χ4n) is 1.79. The van der Waals surface area contributed by atoms with Gasteiger partial charge in [0.15, 0.2) is 5.96 Å². The molecule has 2 N–H and O–H groups in total. The summed E-state index contributed by atoms with van der Waals surface area (Å²) in [6.45, 7) is 0. The number of hydrogen-bond donors (Lipinski definition) is 1. The Morgan fingerprint density at radius 2 is 2.25 bits per heavy atom. The molecule has 1 atom stereocenters. The van der Waals surface area contributed by atoms with Gasteiger partial charge >= 0.3 is 0 Å². The van der Waals surface area contributed by atoms with Crippen molar-refractivity contribution in [2.75, 3.05) is 7.05 Å². The van der Waals surface area contributed by atoms with Gasteiger partial charge in [-0.25, -0.2) is 9.38 Å². The quantitative estimate of drug-likeness (QED) is 0.362. The molecule has 0 bridgehead atoms. The molecule has 0 saturated heterocycles. The predicted molar refractivity (Wildman–Crippen MR) is 90.8 cm³/mol. The maximum atomic E-state index is 13.8. The highest BCUT2D eigenvalue weighted by molar-refractivity contribution is 14.0. The second kappa shape index (κ2) is 7.14. The molecule has 0 heterocycles. The van der Waals surface area contributed by atoms with E-state index in [2.05, 4.69) is 10.9 Å². The molecule has 0 amide bonds.